The zero-order valence-electron chi connectivity index (χ0n) is 12.1. The average molecular weight is 339 g/mol. The Kier molecular flexibility index (Phi) is 4.25. The summed E-state index contributed by atoms with van der Waals surface area (Å²) >= 11 is 3.85. The van der Waals surface area contributed by atoms with Gasteiger partial charge in [0.15, 0.2) is 11.5 Å². The second kappa shape index (κ2) is 5.97. The molecule has 0 amide bonds. The average Bonchev–Trinajstić information content (AvgIpc) is 2.98. The van der Waals surface area contributed by atoms with E-state index < -0.39 is 0 Å². The molecule has 1 spiro atoms. The second-order valence-corrected chi connectivity index (χ2v) is 7.15. The molecule has 3 heteroatoms. The molecule has 110 valence electrons. The summed E-state index contributed by atoms with van der Waals surface area (Å²) < 4.78 is 12.1. The van der Waals surface area contributed by atoms with E-state index in [-0.39, 0.29) is 0 Å². The summed E-state index contributed by atoms with van der Waals surface area (Å²) in [6.45, 7) is 2.87. The first-order valence-electron chi connectivity index (χ1n) is 7.79. The van der Waals surface area contributed by atoms with Crippen LogP contribution in [0, 0.1) is 5.41 Å². The fraction of sp³-hybridized carbons (Fsp3) is 0.647. The van der Waals surface area contributed by atoms with Crippen LogP contribution >= 0.6 is 15.9 Å². The Morgan fingerprint density at radius 2 is 1.90 bits per heavy atom. The van der Waals surface area contributed by atoms with E-state index in [4.69, 9.17) is 9.47 Å². The number of alkyl halides is 1. The number of para-hydroxylation sites is 2. The van der Waals surface area contributed by atoms with Crippen LogP contribution in [0.2, 0.25) is 0 Å². The van der Waals surface area contributed by atoms with Crippen LogP contribution in [-0.4, -0.2) is 17.5 Å². The molecule has 2 aliphatic carbocycles. The SMILES string of the molecule is CCCOc1ccccc1OC1CC(Br)C12CCCC2. The van der Waals surface area contributed by atoms with Crippen molar-refractivity contribution in [1.82, 2.24) is 0 Å². The van der Waals surface area contributed by atoms with Crippen molar-refractivity contribution in [2.24, 2.45) is 5.41 Å². The molecule has 2 nitrogen and oxygen atoms in total. The molecule has 2 fully saturated rings. The number of benzene rings is 1. The van der Waals surface area contributed by atoms with Gasteiger partial charge in [0.2, 0.25) is 0 Å². The number of rotatable bonds is 5. The Morgan fingerprint density at radius 1 is 1.20 bits per heavy atom. The van der Waals surface area contributed by atoms with Crippen LogP contribution < -0.4 is 9.47 Å². The highest BCUT2D eigenvalue weighted by Crippen LogP contribution is 2.58. The molecule has 2 atom stereocenters. The third-order valence-corrected chi connectivity index (χ3v) is 6.09. The van der Waals surface area contributed by atoms with E-state index in [1.807, 2.05) is 24.3 Å². The van der Waals surface area contributed by atoms with Crippen LogP contribution in [0.3, 0.4) is 0 Å². The molecule has 0 saturated heterocycles. The maximum Gasteiger partial charge on any atom is 0.161 e. The standard InChI is InChI=1S/C17H23BrO2/c1-2-11-19-13-7-3-4-8-14(13)20-16-12-15(18)17(16)9-5-6-10-17/h3-4,7-8,15-16H,2,5-6,9-12H2,1H3. The lowest BCUT2D eigenvalue weighted by Gasteiger charge is -2.51. The molecule has 0 bridgehead atoms. The Morgan fingerprint density at radius 3 is 2.55 bits per heavy atom. The summed E-state index contributed by atoms with van der Waals surface area (Å²) in [5, 5.41) is 0. The van der Waals surface area contributed by atoms with Crippen molar-refractivity contribution in [3.63, 3.8) is 0 Å². The molecule has 0 radical (unpaired) electrons. The molecule has 0 aliphatic heterocycles. The van der Waals surface area contributed by atoms with Gasteiger partial charge in [0.1, 0.15) is 6.10 Å². The van der Waals surface area contributed by atoms with E-state index in [1.54, 1.807) is 0 Å². The monoisotopic (exact) mass is 338 g/mol. The molecule has 20 heavy (non-hydrogen) atoms. The molecule has 0 heterocycles. The van der Waals surface area contributed by atoms with Gasteiger partial charge in [-0.05, 0) is 37.8 Å². The van der Waals surface area contributed by atoms with Gasteiger partial charge in [-0.15, -0.1) is 0 Å². The van der Waals surface area contributed by atoms with Gasteiger partial charge in [-0.1, -0.05) is 47.8 Å². The van der Waals surface area contributed by atoms with Crippen LogP contribution in [0.15, 0.2) is 24.3 Å². The van der Waals surface area contributed by atoms with Gasteiger partial charge in [0.05, 0.1) is 6.61 Å². The van der Waals surface area contributed by atoms with Crippen molar-refractivity contribution in [1.29, 1.82) is 0 Å². The van der Waals surface area contributed by atoms with Crippen LogP contribution in [0.1, 0.15) is 45.4 Å². The van der Waals surface area contributed by atoms with Crippen LogP contribution in [0.4, 0.5) is 0 Å². The highest BCUT2D eigenvalue weighted by Gasteiger charge is 2.56. The van der Waals surface area contributed by atoms with E-state index >= 15 is 0 Å². The molecular weight excluding hydrogens is 316 g/mol. The lowest BCUT2D eigenvalue weighted by Crippen LogP contribution is -2.55. The first-order valence-corrected chi connectivity index (χ1v) is 8.70. The van der Waals surface area contributed by atoms with Gasteiger partial charge in [-0.3, -0.25) is 0 Å². The van der Waals surface area contributed by atoms with Crippen LogP contribution in [0.25, 0.3) is 0 Å². The number of hydrogen-bond acceptors (Lipinski definition) is 2. The third-order valence-electron chi connectivity index (χ3n) is 4.80. The fourth-order valence-electron chi connectivity index (χ4n) is 3.56. The van der Waals surface area contributed by atoms with Gasteiger partial charge < -0.3 is 9.47 Å². The second-order valence-electron chi connectivity index (χ2n) is 6.05. The van der Waals surface area contributed by atoms with E-state index in [2.05, 4.69) is 22.9 Å². The Labute approximate surface area is 130 Å². The smallest absolute Gasteiger partial charge is 0.161 e. The van der Waals surface area contributed by atoms with Crippen molar-refractivity contribution < 1.29 is 9.47 Å². The van der Waals surface area contributed by atoms with Gasteiger partial charge >= 0.3 is 0 Å². The number of halogens is 1. The summed E-state index contributed by atoms with van der Waals surface area (Å²) in [6, 6.07) is 8.09. The number of hydrogen-bond donors (Lipinski definition) is 0. The zero-order valence-corrected chi connectivity index (χ0v) is 13.7. The molecule has 0 N–H and O–H groups in total. The predicted octanol–water partition coefficient (Wildman–Crippen LogP) is 4.95. The van der Waals surface area contributed by atoms with Crippen LogP contribution in [-0.2, 0) is 0 Å². The number of ether oxygens (including phenoxy) is 2. The van der Waals surface area contributed by atoms with E-state index in [9.17, 15) is 0 Å². The van der Waals surface area contributed by atoms with Gasteiger partial charge in [-0.25, -0.2) is 0 Å². The van der Waals surface area contributed by atoms with Crippen molar-refractivity contribution >= 4 is 15.9 Å². The molecule has 2 unspecified atom stereocenters. The molecule has 2 aliphatic rings. The van der Waals surface area contributed by atoms with Gasteiger partial charge in [0, 0.05) is 10.2 Å². The first kappa shape index (κ1) is 14.2. The third kappa shape index (κ3) is 2.45. The minimum Gasteiger partial charge on any atom is -0.490 e. The van der Waals surface area contributed by atoms with E-state index in [1.165, 1.54) is 25.7 Å². The largest absolute Gasteiger partial charge is 0.490 e. The minimum atomic E-state index is 0.348. The zero-order chi connectivity index (χ0) is 14.0. The summed E-state index contributed by atoms with van der Waals surface area (Å²) in [5.41, 5.74) is 0.373. The van der Waals surface area contributed by atoms with Crippen molar-refractivity contribution in [2.45, 2.75) is 56.4 Å². The van der Waals surface area contributed by atoms with Crippen molar-refractivity contribution in [3.05, 3.63) is 24.3 Å². The highest BCUT2D eigenvalue weighted by atomic mass is 79.9. The summed E-state index contributed by atoms with van der Waals surface area (Å²) in [4.78, 5) is 0.631. The summed E-state index contributed by atoms with van der Waals surface area (Å²) in [7, 11) is 0. The Bertz CT molecular complexity index is 454. The Hall–Kier alpha value is -0.700. The van der Waals surface area contributed by atoms with E-state index in [0.717, 1.165) is 30.9 Å². The maximum atomic E-state index is 6.33. The van der Waals surface area contributed by atoms with E-state index in [0.29, 0.717) is 16.3 Å². The van der Waals surface area contributed by atoms with Gasteiger partial charge in [0.25, 0.3) is 0 Å². The molecular formula is C17H23BrO2. The highest BCUT2D eigenvalue weighted by molar-refractivity contribution is 9.09. The molecule has 2 saturated carbocycles. The summed E-state index contributed by atoms with van der Waals surface area (Å²) in [6.07, 6.45) is 7.76. The predicted molar refractivity (Wildman–Crippen MR) is 84.9 cm³/mol. The molecule has 1 aromatic carbocycles. The molecule has 3 rings (SSSR count). The fourth-order valence-corrected chi connectivity index (χ4v) is 4.66. The topological polar surface area (TPSA) is 18.5 Å². The van der Waals surface area contributed by atoms with Gasteiger partial charge in [-0.2, -0.15) is 0 Å². The quantitative estimate of drug-likeness (QED) is 0.707. The summed E-state index contributed by atoms with van der Waals surface area (Å²) in [5.74, 6) is 1.80. The minimum absolute atomic E-state index is 0.348. The Balaban J connectivity index is 1.72. The lowest BCUT2D eigenvalue weighted by molar-refractivity contribution is -0.0318. The normalized spacial score (nSPS) is 27.3. The van der Waals surface area contributed by atoms with Crippen LogP contribution in [0.5, 0.6) is 11.5 Å². The molecule has 1 aromatic rings. The molecule has 0 aromatic heterocycles. The first-order chi connectivity index (χ1) is 9.76. The van der Waals surface area contributed by atoms with Crippen molar-refractivity contribution in [2.75, 3.05) is 6.61 Å². The maximum absolute atomic E-state index is 6.33. The lowest BCUT2D eigenvalue weighted by atomic mass is 9.64. The van der Waals surface area contributed by atoms with Crippen molar-refractivity contribution in [3.8, 4) is 11.5 Å².